The van der Waals surface area contributed by atoms with Crippen molar-refractivity contribution in [2.24, 2.45) is 0 Å². The van der Waals surface area contributed by atoms with Crippen LogP contribution in [-0.2, 0) is 14.0 Å². The summed E-state index contributed by atoms with van der Waals surface area (Å²) >= 11 is 0. The van der Waals surface area contributed by atoms with Gasteiger partial charge in [0, 0.05) is 23.5 Å². The molecule has 2 aliphatic rings. The molecule has 2 heterocycles. The Morgan fingerprint density at radius 2 is 1.88 bits per heavy atom. The molecule has 0 radical (unpaired) electrons. The molecule has 0 bridgehead atoms. The molecule has 32 heavy (non-hydrogen) atoms. The van der Waals surface area contributed by atoms with E-state index >= 15 is 0 Å². The largest absolute Gasteiger partial charge is 0.495 e. The number of nitrogens with one attached hydrogen (secondary N) is 2. The van der Waals surface area contributed by atoms with Crippen LogP contribution in [0.3, 0.4) is 0 Å². The molecule has 8 nitrogen and oxygen atoms in total. The van der Waals surface area contributed by atoms with E-state index < -0.39 is 24.3 Å². The standard InChI is InChI=1S/C23H31BN4O4/c1-14-13-25-21(28-19(14)26-15-8-7-9-15)27-16-10-11-18(17(12-16)20(29)30-6)24-31-22(2,3)23(4,5)32-24/h10-13,15H,7-9H2,1-6H3,(H2,25,26,27,28). The molecule has 0 unspecified atom stereocenters. The Hall–Kier alpha value is -2.65. The molecule has 2 fully saturated rings. The van der Waals surface area contributed by atoms with E-state index in [0.717, 1.165) is 24.2 Å². The second-order valence-electron chi connectivity index (χ2n) is 9.50. The molecule has 1 aliphatic heterocycles. The van der Waals surface area contributed by atoms with Crippen LogP contribution in [0.1, 0.15) is 62.9 Å². The highest BCUT2D eigenvalue weighted by atomic mass is 16.7. The quantitative estimate of drug-likeness (QED) is 0.522. The van der Waals surface area contributed by atoms with E-state index in [1.54, 1.807) is 12.3 Å². The number of carbonyl (C=O) groups excluding carboxylic acids is 1. The molecule has 0 spiro atoms. The van der Waals surface area contributed by atoms with Crippen LogP contribution in [0.15, 0.2) is 24.4 Å². The minimum absolute atomic E-state index is 0.371. The minimum atomic E-state index is -0.669. The molecule has 2 aromatic rings. The second-order valence-corrected chi connectivity index (χ2v) is 9.50. The van der Waals surface area contributed by atoms with Gasteiger partial charge in [-0.25, -0.2) is 9.78 Å². The first-order valence-corrected chi connectivity index (χ1v) is 11.0. The van der Waals surface area contributed by atoms with Gasteiger partial charge in [-0.05, 0) is 71.5 Å². The zero-order valence-corrected chi connectivity index (χ0v) is 19.6. The van der Waals surface area contributed by atoms with Crippen molar-refractivity contribution >= 4 is 36.0 Å². The zero-order valence-electron chi connectivity index (χ0n) is 19.6. The number of aryl methyl sites for hydroxylation is 1. The van der Waals surface area contributed by atoms with E-state index in [4.69, 9.17) is 14.0 Å². The van der Waals surface area contributed by atoms with Crippen LogP contribution in [0.2, 0.25) is 0 Å². The average Bonchev–Trinajstić information content (AvgIpc) is 2.93. The number of hydrogen-bond acceptors (Lipinski definition) is 8. The molecular formula is C23H31BN4O4. The summed E-state index contributed by atoms with van der Waals surface area (Å²) in [6, 6.07) is 5.86. The number of ether oxygens (including phenoxy) is 1. The Labute approximate surface area is 189 Å². The smallest absolute Gasteiger partial charge is 0.465 e. The van der Waals surface area contributed by atoms with Crippen molar-refractivity contribution in [1.82, 2.24) is 9.97 Å². The highest BCUT2D eigenvalue weighted by Gasteiger charge is 2.52. The Bertz CT molecular complexity index is 1010. The van der Waals surface area contributed by atoms with Gasteiger partial charge in [0.2, 0.25) is 5.95 Å². The van der Waals surface area contributed by atoms with Crippen molar-refractivity contribution in [2.45, 2.75) is 71.1 Å². The number of anilines is 3. The predicted molar refractivity (Wildman–Crippen MR) is 125 cm³/mol. The molecule has 2 N–H and O–H groups in total. The van der Waals surface area contributed by atoms with E-state index in [1.165, 1.54) is 13.5 Å². The van der Waals surface area contributed by atoms with Crippen molar-refractivity contribution in [2.75, 3.05) is 17.7 Å². The number of aromatic nitrogens is 2. The minimum Gasteiger partial charge on any atom is -0.465 e. The van der Waals surface area contributed by atoms with Gasteiger partial charge >= 0.3 is 13.1 Å². The summed E-state index contributed by atoms with van der Waals surface area (Å²) in [5.74, 6) is 0.821. The van der Waals surface area contributed by atoms with Crippen LogP contribution in [0, 0.1) is 6.92 Å². The lowest BCUT2D eigenvalue weighted by molar-refractivity contribution is 0.00578. The Morgan fingerprint density at radius 1 is 1.19 bits per heavy atom. The fourth-order valence-corrected chi connectivity index (χ4v) is 3.62. The molecule has 9 heteroatoms. The van der Waals surface area contributed by atoms with Gasteiger partial charge < -0.3 is 24.7 Å². The van der Waals surface area contributed by atoms with E-state index in [1.807, 2.05) is 46.8 Å². The Kier molecular flexibility index (Phi) is 5.90. The van der Waals surface area contributed by atoms with Crippen molar-refractivity contribution in [3.05, 3.63) is 35.5 Å². The molecule has 1 aromatic carbocycles. The van der Waals surface area contributed by atoms with Gasteiger partial charge in [-0.2, -0.15) is 4.98 Å². The summed E-state index contributed by atoms with van der Waals surface area (Å²) in [6.45, 7) is 9.89. The van der Waals surface area contributed by atoms with Gasteiger partial charge in [0.25, 0.3) is 0 Å². The zero-order chi connectivity index (χ0) is 23.1. The maximum absolute atomic E-state index is 12.6. The van der Waals surface area contributed by atoms with Gasteiger partial charge in [-0.15, -0.1) is 0 Å². The molecule has 1 saturated heterocycles. The van der Waals surface area contributed by atoms with Crippen molar-refractivity contribution < 1.29 is 18.8 Å². The first-order chi connectivity index (χ1) is 15.1. The number of benzene rings is 1. The molecule has 0 amide bonds. The maximum atomic E-state index is 12.6. The highest BCUT2D eigenvalue weighted by Crippen LogP contribution is 2.37. The van der Waals surface area contributed by atoms with Crippen LogP contribution < -0.4 is 16.1 Å². The van der Waals surface area contributed by atoms with Crippen LogP contribution in [0.25, 0.3) is 0 Å². The summed E-state index contributed by atoms with van der Waals surface area (Å²) in [7, 11) is 0.690. The van der Waals surface area contributed by atoms with Crippen molar-refractivity contribution in [3.8, 4) is 0 Å². The topological polar surface area (TPSA) is 94.6 Å². The van der Waals surface area contributed by atoms with Crippen LogP contribution in [0.5, 0.6) is 0 Å². The number of nitrogens with zero attached hydrogens (tertiary/aromatic N) is 2. The fraction of sp³-hybridized carbons (Fsp3) is 0.522. The summed E-state index contributed by atoms with van der Waals surface area (Å²) < 4.78 is 17.3. The van der Waals surface area contributed by atoms with E-state index in [2.05, 4.69) is 20.6 Å². The van der Waals surface area contributed by atoms with E-state index in [0.29, 0.717) is 28.7 Å². The third-order valence-electron chi connectivity index (χ3n) is 6.64. The molecule has 4 rings (SSSR count). The van der Waals surface area contributed by atoms with Gasteiger partial charge in [0.05, 0.1) is 23.9 Å². The van der Waals surface area contributed by atoms with E-state index in [9.17, 15) is 4.79 Å². The number of rotatable bonds is 6. The number of methoxy groups -OCH3 is 1. The molecular weight excluding hydrogens is 407 g/mol. The third-order valence-corrected chi connectivity index (χ3v) is 6.64. The predicted octanol–water partition coefficient (Wildman–Crippen LogP) is 3.58. The second kappa shape index (κ2) is 8.37. The monoisotopic (exact) mass is 438 g/mol. The summed E-state index contributed by atoms with van der Waals surface area (Å²) in [5, 5.41) is 6.67. The molecule has 1 saturated carbocycles. The first-order valence-electron chi connectivity index (χ1n) is 11.0. The average molecular weight is 438 g/mol. The first kappa shape index (κ1) is 22.5. The molecule has 1 aliphatic carbocycles. The summed E-state index contributed by atoms with van der Waals surface area (Å²) in [6.07, 6.45) is 5.36. The lowest BCUT2D eigenvalue weighted by Gasteiger charge is -2.32. The SMILES string of the molecule is COC(=O)c1cc(Nc2ncc(C)c(NC3CCC3)n2)ccc1B1OC(C)(C)C(C)(C)O1. The van der Waals surface area contributed by atoms with Crippen LogP contribution >= 0.6 is 0 Å². The summed E-state index contributed by atoms with van der Waals surface area (Å²) in [4.78, 5) is 21.6. The lowest BCUT2D eigenvalue weighted by atomic mass is 9.75. The lowest BCUT2D eigenvalue weighted by Crippen LogP contribution is -2.41. The molecule has 0 atom stereocenters. The van der Waals surface area contributed by atoms with Gasteiger partial charge in [-0.3, -0.25) is 0 Å². The number of esters is 1. The molecule has 1 aromatic heterocycles. The fourth-order valence-electron chi connectivity index (χ4n) is 3.62. The van der Waals surface area contributed by atoms with Crippen LogP contribution in [0.4, 0.5) is 17.5 Å². The number of carbonyl (C=O) groups is 1. The van der Waals surface area contributed by atoms with Gasteiger partial charge in [-0.1, -0.05) is 6.07 Å². The number of hydrogen-bond donors (Lipinski definition) is 2. The Morgan fingerprint density at radius 3 is 2.47 bits per heavy atom. The maximum Gasteiger partial charge on any atom is 0.495 e. The highest BCUT2D eigenvalue weighted by molar-refractivity contribution is 6.63. The van der Waals surface area contributed by atoms with E-state index in [-0.39, 0.29) is 0 Å². The Balaban J connectivity index is 1.60. The van der Waals surface area contributed by atoms with Gasteiger partial charge in [0.15, 0.2) is 0 Å². The van der Waals surface area contributed by atoms with Crippen molar-refractivity contribution in [3.63, 3.8) is 0 Å². The summed E-state index contributed by atoms with van der Waals surface area (Å²) in [5.41, 5.74) is 1.63. The van der Waals surface area contributed by atoms with Crippen molar-refractivity contribution in [1.29, 1.82) is 0 Å². The normalized spacial score (nSPS) is 19.4. The molecule has 170 valence electrons. The third kappa shape index (κ3) is 4.32. The van der Waals surface area contributed by atoms with Crippen LogP contribution in [-0.4, -0.2) is 47.4 Å². The van der Waals surface area contributed by atoms with Gasteiger partial charge in [0.1, 0.15) is 5.82 Å².